The van der Waals surface area contributed by atoms with Crippen LogP contribution in [0.5, 0.6) is 0 Å². The van der Waals surface area contributed by atoms with Crippen molar-refractivity contribution in [2.45, 2.75) is 93.4 Å². The van der Waals surface area contributed by atoms with E-state index >= 15 is 0 Å². The topological polar surface area (TPSA) is 63.1 Å². The van der Waals surface area contributed by atoms with E-state index in [4.69, 9.17) is 9.97 Å². The zero-order chi connectivity index (χ0) is 35.6. The molecule has 1 N–H and O–H groups in total. The molecule has 0 atom stereocenters. The summed E-state index contributed by atoms with van der Waals surface area (Å²) >= 11 is 3.46. The number of carbonyl (C=O) groups is 1. The second-order valence-corrected chi connectivity index (χ2v) is 16.5. The van der Waals surface area contributed by atoms with Crippen molar-refractivity contribution in [2.75, 3.05) is 0 Å². The summed E-state index contributed by atoms with van der Waals surface area (Å²) < 4.78 is 1.22. The van der Waals surface area contributed by atoms with E-state index in [-0.39, 0.29) is 47.9 Å². The van der Waals surface area contributed by atoms with Gasteiger partial charge in [0, 0.05) is 59.0 Å². The van der Waals surface area contributed by atoms with Crippen molar-refractivity contribution in [1.82, 2.24) is 9.97 Å². The van der Waals surface area contributed by atoms with Crippen molar-refractivity contribution >= 4 is 59.5 Å². The normalized spacial score (nSPS) is 12.5. The van der Waals surface area contributed by atoms with Gasteiger partial charge in [0.2, 0.25) is 0 Å². The molecule has 0 aliphatic carbocycles. The zero-order valence-electron chi connectivity index (χ0n) is 30.7. The van der Waals surface area contributed by atoms with Crippen LogP contribution in [0.15, 0.2) is 84.1 Å². The molecule has 0 saturated heterocycles. The molecule has 6 aromatic rings. The molecule has 0 bridgehead atoms. The van der Waals surface area contributed by atoms with Crippen LogP contribution in [0, 0.1) is 16.9 Å². The number of allylic oxidation sites excluding steroid dienone is 2. The van der Waals surface area contributed by atoms with Gasteiger partial charge in [-0.25, -0.2) is 4.98 Å². The number of nitrogens with zero attached hydrogens (tertiary/aromatic N) is 2. The van der Waals surface area contributed by atoms with E-state index in [1.807, 2.05) is 47.7 Å². The Kier molecular flexibility index (Phi) is 12.6. The van der Waals surface area contributed by atoms with Gasteiger partial charge in [-0.2, -0.15) is 0 Å². The summed E-state index contributed by atoms with van der Waals surface area (Å²) in [6, 6.07) is 25.2. The van der Waals surface area contributed by atoms with Crippen molar-refractivity contribution in [3.63, 3.8) is 0 Å². The van der Waals surface area contributed by atoms with E-state index in [2.05, 4.69) is 92.9 Å². The Morgan fingerprint density at radius 1 is 0.860 bits per heavy atom. The number of aliphatic hydroxyl groups excluding tert-OH is 1. The van der Waals surface area contributed by atoms with Gasteiger partial charge in [-0.3, -0.25) is 9.78 Å². The minimum atomic E-state index is -0.337. The fourth-order valence-electron chi connectivity index (χ4n) is 5.95. The van der Waals surface area contributed by atoms with E-state index in [0.29, 0.717) is 0 Å². The molecule has 2 aromatic carbocycles. The summed E-state index contributed by atoms with van der Waals surface area (Å²) in [6.07, 6.45) is 6.66. The summed E-state index contributed by atoms with van der Waals surface area (Å²) in [5.74, 6) is 0.286. The fraction of sp³-hybridized carbons (Fsp3) is 0.372. The molecule has 0 fully saturated rings. The number of carbonyl (C=O) groups excluding carboxylic acids is 1. The van der Waals surface area contributed by atoms with Gasteiger partial charge in [0.05, 0.1) is 10.6 Å². The average molecular weight is 882 g/mol. The van der Waals surface area contributed by atoms with Crippen molar-refractivity contribution in [3.8, 4) is 21.8 Å². The number of pyridine rings is 2. The van der Waals surface area contributed by atoms with Crippen LogP contribution in [0.2, 0.25) is 0 Å². The summed E-state index contributed by atoms with van der Waals surface area (Å²) in [5, 5.41) is 17.0. The first kappa shape index (κ1) is 39.6. The molecule has 4 nitrogen and oxygen atoms in total. The number of aliphatic hydroxyl groups is 1. The average Bonchev–Trinajstić information content (AvgIpc) is 3.77. The molecular formula is C43H49IrN2O2S2-. The second kappa shape index (κ2) is 16.0. The van der Waals surface area contributed by atoms with Crippen molar-refractivity contribution in [2.24, 2.45) is 10.8 Å². The van der Waals surface area contributed by atoms with Gasteiger partial charge >= 0.3 is 0 Å². The third-order valence-corrected chi connectivity index (χ3v) is 12.4. The van der Waals surface area contributed by atoms with Crippen molar-refractivity contribution in [3.05, 3.63) is 95.7 Å². The van der Waals surface area contributed by atoms with Gasteiger partial charge in [-0.05, 0) is 72.2 Å². The fourth-order valence-corrected chi connectivity index (χ4v) is 7.74. The van der Waals surface area contributed by atoms with Gasteiger partial charge in [0.15, 0.2) is 5.78 Å². The van der Waals surface area contributed by atoms with Gasteiger partial charge in [0.1, 0.15) is 10.6 Å². The Labute approximate surface area is 319 Å². The molecule has 0 spiro atoms. The Morgan fingerprint density at radius 3 is 2.20 bits per heavy atom. The van der Waals surface area contributed by atoms with Crippen molar-refractivity contribution < 1.29 is 30.0 Å². The largest absolute Gasteiger partial charge is 0.512 e. The third-order valence-electron chi connectivity index (χ3n) is 10.5. The first-order valence-corrected chi connectivity index (χ1v) is 19.1. The maximum absolute atomic E-state index is 12.2. The molecule has 0 aliphatic rings. The molecule has 0 unspecified atom stereocenters. The number of ketones is 1. The molecule has 4 aromatic heterocycles. The van der Waals surface area contributed by atoms with Crippen LogP contribution in [-0.4, -0.2) is 20.9 Å². The number of hydrogen-bond acceptors (Lipinski definition) is 6. The van der Waals surface area contributed by atoms with Gasteiger partial charge < -0.3 is 5.11 Å². The van der Waals surface area contributed by atoms with E-state index in [0.717, 1.165) is 58.2 Å². The zero-order valence-corrected chi connectivity index (χ0v) is 34.8. The molecular weight excluding hydrogens is 833 g/mol. The molecule has 50 heavy (non-hydrogen) atoms. The summed E-state index contributed by atoms with van der Waals surface area (Å²) in [6.45, 7) is 18.9. The Hall–Kier alpha value is -3.22. The van der Waals surface area contributed by atoms with Crippen LogP contribution in [-0.2, 0) is 30.3 Å². The number of benzene rings is 2. The molecule has 265 valence electrons. The number of aromatic nitrogens is 2. The third kappa shape index (κ3) is 8.12. The van der Waals surface area contributed by atoms with E-state index < -0.39 is 0 Å². The van der Waals surface area contributed by atoms with Crippen LogP contribution in [0.1, 0.15) is 93.6 Å². The molecule has 6 rings (SSSR count). The summed E-state index contributed by atoms with van der Waals surface area (Å²) in [5.41, 5.74) is 3.79. The SMILES string of the molecule is CC(C)(C)c1cc(-c2nccc3sc(-c4ccc5ccsc5n4)cc23)[c-]c2ccccc12.CCC(C)(CC)C(=O)/C=C(\O)C(C)(CC)CC.[Ir]. The minimum Gasteiger partial charge on any atom is -0.512 e. The molecule has 1 radical (unpaired) electrons. The summed E-state index contributed by atoms with van der Waals surface area (Å²) in [7, 11) is 0. The van der Waals surface area contributed by atoms with Crippen LogP contribution in [0.3, 0.4) is 0 Å². The van der Waals surface area contributed by atoms with Gasteiger partial charge in [-0.1, -0.05) is 91.5 Å². The minimum absolute atomic E-state index is 0. The second-order valence-electron chi connectivity index (χ2n) is 14.5. The maximum atomic E-state index is 12.2. The van der Waals surface area contributed by atoms with Crippen LogP contribution in [0.4, 0.5) is 0 Å². The van der Waals surface area contributed by atoms with E-state index in [9.17, 15) is 9.90 Å². The van der Waals surface area contributed by atoms with Gasteiger partial charge in [-0.15, -0.1) is 51.8 Å². The number of hydrogen-bond donors (Lipinski definition) is 1. The standard InChI is InChI=1S/C28H21N2S2.C15H28O2.Ir/c1-28(2,3)22-15-19(14-18-6-4-5-7-20(18)22)26-21-16-25(32-24(21)10-12-29-26)23-9-8-17-11-13-31-27(17)30-23;1-7-14(5,8-2)12(16)11-13(17)15(6,9-3)10-4;/h4-13,15-16H,1-3H3;11,16H,7-10H2,1-6H3;/q-1;;/b;12-11-;. The monoisotopic (exact) mass is 882 g/mol. The predicted octanol–water partition coefficient (Wildman–Crippen LogP) is 13.1. The van der Waals surface area contributed by atoms with Crippen LogP contribution >= 0.6 is 22.7 Å². The van der Waals surface area contributed by atoms with Crippen LogP contribution in [0.25, 0.3) is 52.9 Å². The molecule has 7 heteroatoms. The van der Waals surface area contributed by atoms with Crippen molar-refractivity contribution in [1.29, 1.82) is 0 Å². The quantitative estimate of drug-likeness (QED) is 0.0893. The smallest absolute Gasteiger partial charge is 0.164 e. The number of rotatable bonds is 9. The first-order valence-electron chi connectivity index (χ1n) is 17.4. The van der Waals surface area contributed by atoms with E-state index in [1.54, 1.807) is 22.7 Å². The summed E-state index contributed by atoms with van der Waals surface area (Å²) in [4.78, 5) is 24.1. The predicted molar refractivity (Wildman–Crippen MR) is 212 cm³/mol. The number of fused-ring (bicyclic) bond motifs is 3. The number of thiophene rings is 2. The molecule has 0 aliphatic heterocycles. The molecule has 4 heterocycles. The van der Waals surface area contributed by atoms with Crippen LogP contribution < -0.4 is 0 Å². The first-order chi connectivity index (χ1) is 23.3. The molecule has 0 amide bonds. The Balaban J connectivity index is 0.000000269. The Morgan fingerprint density at radius 2 is 1.54 bits per heavy atom. The maximum Gasteiger partial charge on any atom is 0.164 e. The Bertz CT molecular complexity index is 2130. The van der Waals surface area contributed by atoms with Gasteiger partial charge in [0.25, 0.3) is 0 Å². The van der Waals surface area contributed by atoms with E-state index in [1.165, 1.54) is 32.0 Å². The molecule has 0 saturated carbocycles.